The number of aryl methyl sites for hydroxylation is 2. The molecule has 0 radical (unpaired) electrons. The van der Waals surface area contributed by atoms with Crippen LogP contribution in [0, 0.1) is 0 Å². The lowest BCUT2D eigenvalue weighted by molar-refractivity contribution is 0.411. The van der Waals surface area contributed by atoms with Gasteiger partial charge in [0, 0.05) is 30.9 Å². The number of aromatic nitrogens is 5. The zero-order valence-electron chi connectivity index (χ0n) is 18.2. The summed E-state index contributed by atoms with van der Waals surface area (Å²) in [4.78, 5) is 1.28. The molecule has 1 unspecified atom stereocenters. The van der Waals surface area contributed by atoms with Crippen LogP contribution >= 0.6 is 0 Å². The van der Waals surface area contributed by atoms with E-state index < -0.39 is 10.0 Å². The number of sulfonamides is 1. The first-order valence-electron chi connectivity index (χ1n) is 10.8. The number of nitrogens with zero attached hydrogens (tertiary/aromatic N) is 5. The Morgan fingerprint density at radius 3 is 2.69 bits per heavy atom. The summed E-state index contributed by atoms with van der Waals surface area (Å²) >= 11 is 0. The van der Waals surface area contributed by atoms with E-state index in [1.54, 1.807) is 11.4 Å². The maximum absolute atomic E-state index is 13.3. The molecule has 0 amide bonds. The van der Waals surface area contributed by atoms with E-state index in [-0.39, 0.29) is 10.4 Å². The predicted octanol–water partition coefficient (Wildman–Crippen LogP) is 2.83. The van der Waals surface area contributed by atoms with Crippen LogP contribution in [0.4, 0.5) is 0 Å². The third kappa shape index (κ3) is 3.51. The van der Waals surface area contributed by atoms with Crippen LogP contribution in [0.3, 0.4) is 0 Å². The third-order valence-electron chi connectivity index (χ3n) is 6.50. The van der Waals surface area contributed by atoms with Crippen LogP contribution in [0.2, 0.25) is 0 Å². The lowest BCUT2D eigenvalue weighted by Gasteiger charge is -2.32. The monoisotopic (exact) mass is 450 g/mol. The lowest BCUT2D eigenvalue weighted by Crippen LogP contribution is -2.37. The topological polar surface area (TPSA) is 96.8 Å². The number of benzene rings is 2. The van der Waals surface area contributed by atoms with Crippen LogP contribution in [-0.4, -0.2) is 51.0 Å². The second-order valence-corrected chi connectivity index (χ2v) is 10.4. The first-order valence-corrected chi connectivity index (χ1v) is 12.2. The van der Waals surface area contributed by atoms with Gasteiger partial charge in [0.05, 0.1) is 17.9 Å². The molecular formula is C23H26N6O2S. The molecule has 1 atom stereocenters. The molecule has 0 bridgehead atoms. The minimum atomic E-state index is -3.72. The summed E-state index contributed by atoms with van der Waals surface area (Å²) in [6.07, 6.45) is 5.51. The molecule has 5 rings (SSSR count). The highest BCUT2D eigenvalue weighted by Gasteiger charge is 2.45. The number of aromatic amines is 1. The zero-order chi connectivity index (χ0) is 22.3. The SMILES string of the molecule is CCc1cc2[nH]ncc2cc1C1(Cc2ccccc2)CCN(S(=O)(=O)c2cnn(C)n2)C1. The van der Waals surface area contributed by atoms with Crippen molar-refractivity contribution in [2.75, 3.05) is 13.1 Å². The molecular weight excluding hydrogens is 424 g/mol. The van der Waals surface area contributed by atoms with E-state index >= 15 is 0 Å². The van der Waals surface area contributed by atoms with Crippen LogP contribution in [0.1, 0.15) is 30.0 Å². The molecule has 2 aromatic carbocycles. The summed E-state index contributed by atoms with van der Waals surface area (Å²) in [5, 5.41) is 16.3. The highest BCUT2D eigenvalue weighted by molar-refractivity contribution is 7.89. The Morgan fingerprint density at radius 2 is 1.97 bits per heavy atom. The average Bonchev–Trinajstić information content (AvgIpc) is 3.53. The fraction of sp³-hybridized carbons (Fsp3) is 0.348. The Morgan fingerprint density at radius 1 is 1.16 bits per heavy atom. The van der Waals surface area contributed by atoms with Gasteiger partial charge in [-0.05, 0) is 48.1 Å². The molecule has 1 N–H and O–H groups in total. The van der Waals surface area contributed by atoms with E-state index in [0.717, 1.165) is 30.2 Å². The number of hydrogen-bond donors (Lipinski definition) is 1. The number of fused-ring (bicyclic) bond motifs is 1. The Labute approximate surface area is 187 Å². The maximum Gasteiger partial charge on any atom is 0.264 e. The van der Waals surface area contributed by atoms with Crippen LogP contribution in [0.15, 0.2) is 59.9 Å². The van der Waals surface area contributed by atoms with Gasteiger partial charge in [0.25, 0.3) is 10.0 Å². The van der Waals surface area contributed by atoms with Crippen molar-refractivity contribution in [1.29, 1.82) is 0 Å². The minimum absolute atomic E-state index is 0.00323. The van der Waals surface area contributed by atoms with Crippen molar-refractivity contribution in [1.82, 2.24) is 29.5 Å². The van der Waals surface area contributed by atoms with Crippen molar-refractivity contribution >= 4 is 20.9 Å². The van der Waals surface area contributed by atoms with Gasteiger partial charge in [-0.1, -0.05) is 37.3 Å². The van der Waals surface area contributed by atoms with Crippen molar-refractivity contribution in [3.63, 3.8) is 0 Å². The number of H-pyrrole nitrogens is 1. The van der Waals surface area contributed by atoms with Gasteiger partial charge in [-0.3, -0.25) is 5.10 Å². The largest absolute Gasteiger partial charge is 0.278 e. The molecule has 1 fully saturated rings. The van der Waals surface area contributed by atoms with E-state index in [1.165, 1.54) is 27.7 Å². The lowest BCUT2D eigenvalue weighted by atomic mass is 9.72. The summed E-state index contributed by atoms with van der Waals surface area (Å²) in [6, 6.07) is 14.7. The standard InChI is InChI=1S/C23H26N6O2S/c1-3-18-12-21-19(14-24-26-21)11-20(18)23(13-17-7-5-4-6-8-17)9-10-29(16-23)32(30,31)22-15-25-28(2)27-22/h4-8,11-12,14-15H,3,9-10,13,16H2,1-2H3,(H,24,26). The van der Waals surface area contributed by atoms with E-state index in [1.807, 2.05) is 24.4 Å². The predicted molar refractivity (Wildman–Crippen MR) is 122 cm³/mol. The van der Waals surface area contributed by atoms with Gasteiger partial charge in [0.2, 0.25) is 5.03 Å². The first kappa shape index (κ1) is 20.8. The Balaban J connectivity index is 1.61. The van der Waals surface area contributed by atoms with Crippen LogP contribution in [0.25, 0.3) is 10.9 Å². The fourth-order valence-corrected chi connectivity index (χ4v) is 6.30. The molecule has 166 valence electrons. The normalized spacial score (nSPS) is 19.7. The van der Waals surface area contributed by atoms with E-state index in [4.69, 9.17) is 0 Å². The molecule has 1 saturated heterocycles. The van der Waals surface area contributed by atoms with Crippen LogP contribution < -0.4 is 0 Å². The van der Waals surface area contributed by atoms with E-state index in [9.17, 15) is 8.42 Å². The molecule has 1 aliphatic heterocycles. The Bertz CT molecular complexity index is 1360. The number of hydrogen-bond acceptors (Lipinski definition) is 5. The third-order valence-corrected chi connectivity index (χ3v) is 8.21. The molecule has 9 heteroatoms. The van der Waals surface area contributed by atoms with E-state index in [2.05, 4.69) is 51.6 Å². The van der Waals surface area contributed by atoms with Gasteiger partial charge < -0.3 is 0 Å². The van der Waals surface area contributed by atoms with Gasteiger partial charge in [0.1, 0.15) is 0 Å². The molecule has 0 saturated carbocycles. The highest BCUT2D eigenvalue weighted by atomic mass is 32.2. The quantitative estimate of drug-likeness (QED) is 0.487. The molecule has 2 aromatic heterocycles. The van der Waals surface area contributed by atoms with Crippen molar-refractivity contribution in [3.05, 3.63) is 71.5 Å². The van der Waals surface area contributed by atoms with Gasteiger partial charge in [-0.25, -0.2) is 8.42 Å². The molecule has 0 aliphatic carbocycles. The Hall–Kier alpha value is -3.04. The molecule has 8 nitrogen and oxygen atoms in total. The maximum atomic E-state index is 13.3. The summed E-state index contributed by atoms with van der Waals surface area (Å²) in [6.45, 7) is 2.98. The first-order chi connectivity index (χ1) is 15.4. The van der Waals surface area contributed by atoms with Crippen LogP contribution in [-0.2, 0) is 35.3 Å². The van der Waals surface area contributed by atoms with Gasteiger partial charge in [-0.2, -0.15) is 19.3 Å². The summed E-state index contributed by atoms with van der Waals surface area (Å²) in [7, 11) is -2.10. The van der Waals surface area contributed by atoms with Crippen LogP contribution in [0.5, 0.6) is 0 Å². The zero-order valence-corrected chi connectivity index (χ0v) is 19.0. The van der Waals surface area contributed by atoms with E-state index in [0.29, 0.717) is 13.1 Å². The smallest absolute Gasteiger partial charge is 0.264 e. The average molecular weight is 451 g/mol. The second-order valence-electron chi connectivity index (χ2n) is 8.52. The molecule has 3 heterocycles. The molecule has 32 heavy (non-hydrogen) atoms. The van der Waals surface area contributed by atoms with Crippen molar-refractivity contribution < 1.29 is 8.42 Å². The van der Waals surface area contributed by atoms with Gasteiger partial charge >= 0.3 is 0 Å². The van der Waals surface area contributed by atoms with Gasteiger partial charge in [-0.15, -0.1) is 5.10 Å². The fourth-order valence-electron chi connectivity index (χ4n) is 4.89. The molecule has 4 aromatic rings. The minimum Gasteiger partial charge on any atom is -0.278 e. The second kappa shape index (κ2) is 7.83. The van der Waals surface area contributed by atoms with Crippen molar-refractivity contribution in [2.45, 2.75) is 36.6 Å². The molecule has 1 aliphatic rings. The Kier molecular flexibility index (Phi) is 5.10. The molecule has 0 spiro atoms. The van der Waals surface area contributed by atoms with Gasteiger partial charge in [0.15, 0.2) is 0 Å². The van der Waals surface area contributed by atoms with Crippen molar-refractivity contribution in [2.24, 2.45) is 7.05 Å². The number of rotatable bonds is 6. The summed E-state index contributed by atoms with van der Waals surface area (Å²) < 4.78 is 28.2. The van der Waals surface area contributed by atoms with Crippen molar-refractivity contribution in [3.8, 4) is 0 Å². The highest BCUT2D eigenvalue weighted by Crippen LogP contribution is 2.42. The number of nitrogens with one attached hydrogen (secondary N) is 1. The summed E-state index contributed by atoms with van der Waals surface area (Å²) in [5.41, 5.74) is 4.28. The summed E-state index contributed by atoms with van der Waals surface area (Å²) in [5.74, 6) is 0.